The van der Waals surface area contributed by atoms with Gasteiger partial charge in [0.05, 0.1) is 0 Å². The minimum absolute atomic E-state index is 0.380. The normalized spacial score (nSPS) is 15.4. The highest BCUT2D eigenvalue weighted by Crippen LogP contribution is 2.06. The van der Waals surface area contributed by atoms with Gasteiger partial charge in [0.25, 0.3) is 0 Å². The van der Waals surface area contributed by atoms with Gasteiger partial charge in [-0.05, 0) is 24.6 Å². The highest BCUT2D eigenvalue weighted by Gasteiger charge is 1.97. The van der Waals surface area contributed by atoms with Gasteiger partial charge in [0.1, 0.15) is 5.82 Å². The molecule has 0 rings (SSSR count). The molecule has 0 aromatic carbocycles. The molecule has 0 radical (unpaired) electrons. The molecular weight excluding hydrogens is 167 g/mol. The molecule has 2 nitrogen and oxygen atoms in total. The van der Waals surface area contributed by atoms with Crippen molar-refractivity contribution in [2.24, 2.45) is 10.9 Å². The summed E-state index contributed by atoms with van der Waals surface area (Å²) in [5, 5.41) is 2.78. The summed E-state index contributed by atoms with van der Waals surface area (Å²) in [7, 11) is 0. The molecule has 0 aliphatic carbocycles. The summed E-state index contributed by atoms with van der Waals surface area (Å²) in [6.45, 7) is 8.93. The van der Waals surface area contributed by atoms with Gasteiger partial charge in [0, 0.05) is 6.92 Å². The van der Waals surface area contributed by atoms with E-state index in [9.17, 15) is 4.39 Å². The summed E-state index contributed by atoms with van der Waals surface area (Å²) in [4.78, 5) is 3.68. The molecule has 0 aromatic rings. The van der Waals surface area contributed by atoms with Gasteiger partial charge < -0.3 is 5.32 Å². The molecule has 0 aliphatic rings. The van der Waals surface area contributed by atoms with E-state index in [0.717, 1.165) is 6.42 Å². The summed E-state index contributed by atoms with van der Waals surface area (Å²) in [5.74, 6) is 0.443. The van der Waals surface area contributed by atoms with E-state index >= 15 is 0 Å². The number of rotatable bonds is 5. The maximum atomic E-state index is 12.5. The fraction of sp³-hybridized carbons (Fsp3) is 0.500. The third-order valence-electron chi connectivity index (χ3n) is 1.61. The van der Waals surface area contributed by atoms with Crippen LogP contribution in [-0.4, -0.2) is 5.97 Å². The molecule has 0 heterocycles. The molecule has 0 aromatic heterocycles. The van der Waals surface area contributed by atoms with Crippen LogP contribution in [-0.2, 0) is 0 Å². The molecule has 0 fully saturated rings. The Kier molecular flexibility index (Phi) is 5.85. The molecule has 0 aliphatic heterocycles. The summed E-state index contributed by atoms with van der Waals surface area (Å²) in [6, 6.07) is 0. The number of allylic oxidation sites excluding steroid dienone is 1. The van der Waals surface area contributed by atoms with Crippen LogP contribution in [0, 0.1) is 5.92 Å². The summed E-state index contributed by atoms with van der Waals surface area (Å²) < 4.78 is 12.5. The first-order valence-corrected chi connectivity index (χ1v) is 4.40. The Balaban J connectivity index is 4.48. The van der Waals surface area contributed by atoms with E-state index in [2.05, 4.69) is 23.8 Å². The first kappa shape index (κ1) is 11.9. The highest BCUT2D eigenvalue weighted by atomic mass is 19.1. The predicted octanol–water partition coefficient (Wildman–Crippen LogP) is 2.99. The number of nitrogens with one attached hydrogen (secondary N) is 1. The minimum atomic E-state index is -0.455. The fourth-order valence-electron chi connectivity index (χ4n) is 0.776. The number of halogens is 1. The molecule has 0 saturated carbocycles. The van der Waals surface area contributed by atoms with Crippen molar-refractivity contribution in [2.45, 2.75) is 27.2 Å². The predicted molar refractivity (Wildman–Crippen MR) is 55.1 cm³/mol. The van der Waals surface area contributed by atoms with Crippen molar-refractivity contribution in [2.75, 3.05) is 0 Å². The molecule has 0 saturated heterocycles. The van der Waals surface area contributed by atoms with Crippen LogP contribution in [0.1, 0.15) is 27.2 Å². The molecule has 3 heteroatoms. The Morgan fingerprint density at radius 3 is 2.69 bits per heavy atom. The molecule has 1 atom stereocenters. The Morgan fingerprint density at radius 2 is 2.31 bits per heavy atom. The number of aliphatic imine (C=N–C) groups is 1. The third kappa shape index (κ3) is 6.08. The largest absolute Gasteiger partial charge is 0.347 e. The maximum absolute atomic E-state index is 12.5. The van der Waals surface area contributed by atoms with E-state index in [1.807, 2.05) is 13.0 Å². The highest BCUT2D eigenvalue weighted by molar-refractivity contribution is 5.72. The standard InChI is InChI=1S/C10H17FN2/c1-5-8(3)7-10(12-6-2)13-9(4)11/h6-8,12H,2,5H2,1,3-4H3/b10-7-,13-9?. The Bertz CT molecular complexity index is 215. The zero-order chi connectivity index (χ0) is 10.3. The zero-order valence-electron chi connectivity index (χ0n) is 8.47. The first-order chi connectivity index (χ1) is 6.10. The Hall–Kier alpha value is -1.12. The summed E-state index contributed by atoms with van der Waals surface area (Å²) in [5.41, 5.74) is 0. The Labute approximate surface area is 79.3 Å². The quantitative estimate of drug-likeness (QED) is 0.652. The lowest BCUT2D eigenvalue weighted by Gasteiger charge is -2.05. The van der Waals surface area contributed by atoms with Crippen molar-refractivity contribution in [1.29, 1.82) is 0 Å². The molecule has 0 bridgehead atoms. The van der Waals surface area contributed by atoms with E-state index in [4.69, 9.17) is 0 Å². The number of hydrogen-bond donors (Lipinski definition) is 1. The first-order valence-electron chi connectivity index (χ1n) is 4.40. The number of nitrogens with zero attached hydrogens (tertiary/aromatic N) is 1. The van der Waals surface area contributed by atoms with Crippen LogP contribution in [0.15, 0.2) is 29.7 Å². The van der Waals surface area contributed by atoms with Crippen molar-refractivity contribution in [3.05, 3.63) is 24.7 Å². The van der Waals surface area contributed by atoms with Crippen LogP contribution in [0.3, 0.4) is 0 Å². The van der Waals surface area contributed by atoms with Crippen molar-refractivity contribution >= 4 is 5.97 Å². The maximum Gasteiger partial charge on any atom is 0.187 e. The lowest BCUT2D eigenvalue weighted by molar-refractivity contribution is 0.684. The van der Waals surface area contributed by atoms with Crippen molar-refractivity contribution < 1.29 is 4.39 Å². The van der Waals surface area contributed by atoms with Gasteiger partial charge in [-0.25, -0.2) is 4.99 Å². The van der Waals surface area contributed by atoms with Crippen molar-refractivity contribution in [3.63, 3.8) is 0 Å². The van der Waals surface area contributed by atoms with Gasteiger partial charge in [-0.2, -0.15) is 4.39 Å². The second kappa shape index (κ2) is 6.40. The SMILES string of the molecule is C=CN/C(=C/C(C)CC)N=C(C)F. The lowest BCUT2D eigenvalue weighted by atomic mass is 10.1. The van der Waals surface area contributed by atoms with Crippen molar-refractivity contribution in [3.8, 4) is 0 Å². The molecule has 1 unspecified atom stereocenters. The second-order valence-electron chi connectivity index (χ2n) is 2.89. The summed E-state index contributed by atoms with van der Waals surface area (Å²) >= 11 is 0. The van der Waals surface area contributed by atoms with Crippen LogP contribution >= 0.6 is 0 Å². The van der Waals surface area contributed by atoms with Crippen LogP contribution in [0.5, 0.6) is 0 Å². The van der Waals surface area contributed by atoms with E-state index in [1.165, 1.54) is 13.1 Å². The monoisotopic (exact) mass is 184 g/mol. The van der Waals surface area contributed by atoms with Gasteiger partial charge in [0.15, 0.2) is 5.97 Å². The smallest absolute Gasteiger partial charge is 0.187 e. The van der Waals surface area contributed by atoms with Gasteiger partial charge >= 0.3 is 0 Å². The van der Waals surface area contributed by atoms with Gasteiger partial charge in [-0.1, -0.05) is 20.4 Å². The average molecular weight is 184 g/mol. The van der Waals surface area contributed by atoms with E-state index in [1.54, 1.807) is 0 Å². The molecule has 74 valence electrons. The topological polar surface area (TPSA) is 24.4 Å². The zero-order valence-corrected chi connectivity index (χ0v) is 8.47. The van der Waals surface area contributed by atoms with Crippen LogP contribution in [0.2, 0.25) is 0 Å². The molecule has 0 spiro atoms. The lowest BCUT2D eigenvalue weighted by Crippen LogP contribution is -2.05. The third-order valence-corrected chi connectivity index (χ3v) is 1.61. The van der Waals surface area contributed by atoms with Gasteiger partial charge in [-0.15, -0.1) is 0 Å². The van der Waals surface area contributed by atoms with E-state index in [0.29, 0.717) is 11.7 Å². The summed E-state index contributed by atoms with van der Waals surface area (Å²) in [6.07, 6.45) is 4.37. The van der Waals surface area contributed by atoms with Gasteiger partial charge in [-0.3, -0.25) is 0 Å². The van der Waals surface area contributed by atoms with Crippen molar-refractivity contribution in [1.82, 2.24) is 5.32 Å². The number of hydrogen-bond acceptors (Lipinski definition) is 2. The minimum Gasteiger partial charge on any atom is -0.347 e. The van der Waals surface area contributed by atoms with Gasteiger partial charge in [0.2, 0.25) is 0 Å². The molecule has 1 N–H and O–H groups in total. The van der Waals surface area contributed by atoms with Crippen LogP contribution in [0.4, 0.5) is 4.39 Å². The van der Waals surface area contributed by atoms with Crippen LogP contribution in [0.25, 0.3) is 0 Å². The fourth-order valence-corrected chi connectivity index (χ4v) is 0.776. The van der Waals surface area contributed by atoms with E-state index < -0.39 is 5.97 Å². The second-order valence-corrected chi connectivity index (χ2v) is 2.89. The molecule has 13 heavy (non-hydrogen) atoms. The Morgan fingerprint density at radius 1 is 1.69 bits per heavy atom. The average Bonchev–Trinajstić information content (AvgIpc) is 2.03. The van der Waals surface area contributed by atoms with E-state index in [-0.39, 0.29) is 0 Å². The molecular formula is C10H17FN2. The molecule has 0 amide bonds. The van der Waals surface area contributed by atoms with Crippen LogP contribution < -0.4 is 5.32 Å².